The molecule has 0 unspecified atom stereocenters. The summed E-state index contributed by atoms with van der Waals surface area (Å²) in [5.74, 6) is 0.256. The van der Waals surface area contributed by atoms with Gasteiger partial charge in [0.25, 0.3) is 0 Å². The SMILES string of the molecule is NC1CC(Nc2ncc(Cl)cc2[N+](=O)[O-])C1. The molecule has 7 heteroatoms. The molecule has 86 valence electrons. The Morgan fingerprint density at radius 1 is 1.62 bits per heavy atom. The van der Waals surface area contributed by atoms with Gasteiger partial charge in [0.2, 0.25) is 5.82 Å². The lowest BCUT2D eigenvalue weighted by Crippen LogP contribution is -2.44. The monoisotopic (exact) mass is 242 g/mol. The van der Waals surface area contributed by atoms with Gasteiger partial charge in [0.05, 0.1) is 9.95 Å². The lowest BCUT2D eigenvalue weighted by molar-refractivity contribution is -0.384. The molecule has 0 saturated heterocycles. The van der Waals surface area contributed by atoms with Crippen LogP contribution in [-0.4, -0.2) is 22.0 Å². The van der Waals surface area contributed by atoms with Crippen LogP contribution < -0.4 is 11.1 Å². The van der Waals surface area contributed by atoms with E-state index >= 15 is 0 Å². The zero-order valence-corrected chi connectivity index (χ0v) is 9.15. The first-order chi connectivity index (χ1) is 7.56. The van der Waals surface area contributed by atoms with Crippen molar-refractivity contribution in [3.8, 4) is 0 Å². The van der Waals surface area contributed by atoms with Crippen molar-refractivity contribution >= 4 is 23.1 Å². The van der Waals surface area contributed by atoms with Crippen LogP contribution in [0.1, 0.15) is 12.8 Å². The van der Waals surface area contributed by atoms with E-state index in [4.69, 9.17) is 17.3 Å². The van der Waals surface area contributed by atoms with Gasteiger partial charge in [-0.15, -0.1) is 0 Å². The minimum absolute atomic E-state index is 0.104. The van der Waals surface area contributed by atoms with Crippen LogP contribution in [0.3, 0.4) is 0 Å². The van der Waals surface area contributed by atoms with Crippen molar-refractivity contribution in [3.05, 3.63) is 27.4 Å². The van der Waals surface area contributed by atoms with Crippen molar-refractivity contribution in [2.45, 2.75) is 24.9 Å². The van der Waals surface area contributed by atoms with Crippen LogP contribution in [0.25, 0.3) is 0 Å². The Morgan fingerprint density at radius 3 is 2.88 bits per heavy atom. The molecular weight excluding hydrogens is 232 g/mol. The van der Waals surface area contributed by atoms with Gasteiger partial charge in [-0.25, -0.2) is 4.98 Å². The van der Waals surface area contributed by atoms with Gasteiger partial charge in [-0.3, -0.25) is 10.1 Å². The van der Waals surface area contributed by atoms with Gasteiger partial charge < -0.3 is 11.1 Å². The van der Waals surface area contributed by atoms with E-state index in [2.05, 4.69) is 10.3 Å². The van der Waals surface area contributed by atoms with Crippen LogP contribution in [0.2, 0.25) is 5.02 Å². The van der Waals surface area contributed by atoms with Crippen molar-refractivity contribution in [1.29, 1.82) is 0 Å². The maximum Gasteiger partial charge on any atom is 0.312 e. The number of aromatic nitrogens is 1. The lowest BCUT2D eigenvalue weighted by atomic mass is 9.88. The molecule has 1 saturated carbocycles. The van der Waals surface area contributed by atoms with Gasteiger partial charge in [-0.2, -0.15) is 0 Å². The Morgan fingerprint density at radius 2 is 2.31 bits per heavy atom. The summed E-state index contributed by atoms with van der Waals surface area (Å²) < 4.78 is 0. The quantitative estimate of drug-likeness (QED) is 0.619. The molecule has 0 spiro atoms. The van der Waals surface area contributed by atoms with Gasteiger partial charge in [-0.1, -0.05) is 11.6 Å². The summed E-state index contributed by atoms with van der Waals surface area (Å²) in [4.78, 5) is 14.2. The maximum absolute atomic E-state index is 10.8. The number of halogens is 1. The fraction of sp³-hybridized carbons (Fsp3) is 0.444. The molecule has 1 fully saturated rings. The molecule has 0 atom stereocenters. The Balaban J connectivity index is 2.16. The standard InChI is InChI=1S/C9H11ClN4O2/c10-5-1-8(14(15)16)9(12-4-5)13-7-2-6(11)3-7/h1,4,6-7H,2-3,11H2,(H,12,13). The Labute approximate surface area is 97.0 Å². The third-order valence-electron chi connectivity index (χ3n) is 2.55. The van der Waals surface area contributed by atoms with Gasteiger partial charge in [-0.05, 0) is 12.8 Å². The highest BCUT2D eigenvalue weighted by molar-refractivity contribution is 6.30. The predicted molar refractivity (Wildman–Crippen MR) is 60.5 cm³/mol. The molecule has 1 aliphatic carbocycles. The first-order valence-electron chi connectivity index (χ1n) is 4.88. The van der Waals surface area contributed by atoms with Crippen molar-refractivity contribution in [2.24, 2.45) is 5.73 Å². The molecule has 0 aromatic carbocycles. The van der Waals surface area contributed by atoms with Gasteiger partial charge in [0.15, 0.2) is 0 Å². The second-order valence-corrected chi connectivity index (χ2v) is 4.29. The fourth-order valence-corrected chi connectivity index (χ4v) is 1.80. The van der Waals surface area contributed by atoms with E-state index in [0.29, 0.717) is 0 Å². The second-order valence-electron chi connectivity index (χ2n) is 3.85. The van der Waals surface area contributed by atoms with Crippen molar-refractivity contribution in [3.63, 3.8) is 0 Å². The third-order valence-corrected chi connectivity index (χ3v) is 2.75. The highest BCUT2D eigenvalue weighted by atomic mass is 35.5. The average molecular weight is 243 g/mol. The normalized spacial score (nSPS) is 23.6. The van der Waals surface area contributed by atoms with E-state index in [1.165, 1.54) is 12.3 Å². The summed E-state index contributed by atoms with van der Waals surface area (Å²) in [6, 6.07) is 1.64. The molecule has 1 heterocycles. The number of anilines is 1. The summed E-state index contributed by atoms with van der Waals surface area (Å²) in [5.41, 5.74) is 5.53. The van der Waals surface area contributed by atoms with Crippen LogP contribution in [0, 0.1) is 10.1 Å². The average Bonchev–Trinajstić information content (AvgIpc) is 2.17. The summed E-state index contributed by atoms with van der Waals surface area (Å²) in [5, 5.41) is 14.0. The minimum Gasteiger partial charge on any atom is -0.361 e. The number of nitro groups is 1. The molecule has 1 aromatic rings. The topological polar surface area (TPSA) is 94.1 Å². The maximum atomic E-state index is 10.8. The molecule has 1 aromatic heterocycles. The van der Waals surface area contributed by atoms with Crippen molar-refractivity contribution < 1.29 is 4.92 Å². The van der Waals surface area contributed by atoms with E-state index in [1.807, 2.05) is 0 Å². The van der Waals surface area contributed by atoms with Gasteiger partial charge in [0.1, 0.15) is 0 Å². The highest BCUT2D eigenvalue weighted by Gasteiger charge is 2.28. The molecule has 16 heavy (non-hydrogen) atoms. The zero-order chi connectivity index (χ0) is 11.7. The highest BCUT2D eigenvalue weighted by Crippen LogP contribution is 2.29. The number of hydrogen-bond donors (Lipinski definition) is 2. The molecular formula is C9H11ClN4O2. The Kier molecular flexibility index (Phi) is 2.93. The van der Waals surface area contributed by atoms with Crippen molar-refractivity contribution in [2.75, 3.05) is 5.32 Å². The van der Waals surface area contributed by atoms with Crippen LogP contribution in [0.15, 0.2) is 12.3 Å². The summed E-state index contributed by atoms with van der Waals surface area (Å²) >= 11 is 5.65. The number of pyridine rings is 1. The Hall–Kier alpha value is -1.40. The number of nitrogens with two attached hydrogens (primary N) is 1. The third kappa shape index (κ3) is 2.23. The minimum atomic E-state index is -0.500. The van der Waals surface area contributed by atoms with Gasteiger partial charge in [0, 0.05) is 24.3 Å². The molecule has 3 N–H and O–H groups in total. The molecule has 0 radical (unpaired) electrons. The number of hydrogen-bond acceptors (Lipinski definition) is 5. The van der Waals surface area contributed by atoms with E-state index in [-0.39, 0.29) is 28.6 Å². The van der Waals surface area contributed by atoms with E-state index < -0.39 is 4.92 Å². The fourth-order valence-electron chi connectivity index (χ4n) is 1.65. The van der Waals surface area contributed by atoms with Crippen molar-refractivity contribution in [1.82, 2.24) is 4.98 Å². The van der Waals surface area contributed by atoms with Crippen LogP contribution in [-0.2, 0) is 0 Å². The molecule has 2 rings (SSSR count). The molecule has 0 aliphatic heterocycles. The van der Waals surface area contributed by atoms with Crippen LogP contribution in [0.4, 0.5) is 11.5 Å². The van der Waals surface area contributed by atoms with Crippen LogP contribution in [0.5, 0.6) is 0 Å². The smallest absolute Gasteiger partial charge is 0.312 e. The van der Waals surface area contributed by atoms with Gasteiger partial charge >= 0.3 is 5.69 Å². The molecule has 0 amide bonds. The molecule has 0 bridgehead atoms. The summed E-state index contributed by atoms with van der Waals surface area (Å²) in [6.07, 6.45) is 3.00. The van der Waals surface area contributed by atoms with E-state index in [0.717, 1.165) is 12.8 Å². The summed E-state index contributed by atoms with van der Waals surface area (Å²) in [7, 11) is 0. The number of nitrogens with one attached hydrogen (secondary N) is 1. The number of nitrogens with zero attached hydrogens (tertiary/aromatic N) is 2. The van der Waals surface area contributed by atoms with E-state index in [9.17, 15) is 10.1 Å². The predicted octanol–water partition coefficient (Wildman–Crippen LogP) is 1.54. The largest absolute Gasteiger partial charge is 0.361 e. The Bertz CT molecular complexity index is 420. The van der Waals surface area contributed by atoms with E-state index in [1.54, 1.807) is 0 Å². The molecule has 6 nitrogen and oxygen atoms in total. The van der Waals surface area contributed by atoms with Crippen LogP contribution >= 0.6 is 11.6 Å². The molecule has 1 aliphatic rings. The summed E-state index contributed by atoms with van der Waals surface area (Å²) in [6.45, 7) is 0. The lowest BCUT2D eigenvalue weighted by Gasteiger charge is -2.33. The number of rotatable bonds is 3. The second kappa shape index (κ2) is 4.23. The first-order valence-corrected chi connectivity index (χ1v) is 5.26. The zero-order valence-electron chi connectivity index (χ0n) is 8.39. The first kappa shape index (κ1) is 11.1.